The number of nitrogens with zero attached hydrogens (tertiary/aromatic N) is 6. The summed E-state index contributed by atoms with van der Waals surface area (Å²) >= 11 is 0. The van der Waals surface area contributed by atoms with E-state index < -0.39 is 5.41 Å². The van der Waals surface area contributed by atoms with Gasteiger partial charge >= 0.3 is 0 Å². The maximum absolute atomic E-state index is 5.17. The molecule has 0 radical (unpaired) electrons. The summed E-state index contributed by atoms with van der Waals surface area (Å²) in [6.07, 6.45) is 3.06. The quantitative estimate of drug-likeness (QED) is 0.202. The van der Waals surface area contributed by atoms with Gasteiger partial charge in [0.05, 0.1) is 33.2 Å². The highest BCUT2D eigenvalue weighted by Gasteiger charge is 2.46. The van der Waals surface area contributed by atoms with E-state index in [1.807, 2.05) is 0 Å². The molecule has 0 atom stereocenters. The molecular formula is C41H26N6. The summed E-state index contributed by atoms with van der Waals surface area (Å²) in [5.41, 5.74) is 10.5. The number of para-hydroxylation sites is 3. The molecule has 220 valence electrons. The molecule has 6 nitrogen and oxygen atoms in total. The molecule has 1 aliphatic rings. The molecule has 0 amide bonds. The molecule has 0 spiro atoms. The molecule has 0 saturated carbocycles. The van der Waals surface area contributed by atoms with Crippen molar-refractivity contribution >= 4 is 32.8 Å². The number of imidazole rings is 1. The minimum atomic E-state index is -0.640. The fourth-order valence-corrected chi connectivity index (χ4v) is 7.84. The van der Waals surface area contributed by atoms with Crippen molar-refractivity contribution in [2.24, 2.45) is 0 Å². The summed E-state index contributed by atoms with van der Waals surface area (Å²) in [6.45, 7) is 0. The third-order valence-corrected chi connectivity index (χ3v) is 9.65. The van der Waals surface area contributed by atoms with Crippen LogP contribution in [0, 0.1) is 0 Å². The van der Waals surface area contributed by atoms with Crippen LogP contribution in [0.3, 0.4) is 0 Å². The zero-order chi connectivity index (χ0) is 31.0. The molecule has 9 aromatic rings. The second-order valence-electron chi connectivity index (χ2n) is 12.0. The zero-order valence-electron chi connectivity index (χ0n) is 25.2. The Hall–Kier alpha value is -6.40. The highest BCUT2D eigenvalue weighted by molar-refractivity contribution is 6.09. The molecule has 6 aromatic carbocycles. The van der Waals surface area contributed by atoms with E-state index in [0.717, 1.165) is 33.5 Å². The van der Waals surface area contributed by atoms with E-state index in [2.05, 4.69) is 170 Å². The van der Waals surface area contributed by atoms with Crippen LogP contribution in [0.15, 0.2) is 158 Å². The molecule has 47 heavy (non-hydrogen) atoms. The van der Waals surface area contributed by atoms with Crippen LogP contribution in [0.4, 0.5) is 0 Å². The molecule has 1 aliphatic heterocycles. The smallest absolute Gasteiger partial charge is 0.199 e. The van der Waals surface area contributed by atoms with Gasteiger partial charge in [-0.3, -0.25) is 4.57 Å². The Bertz CT molecular complexity index is 2530. The number of benzene rings is 6. The Morgan fingerprint density at radius 1 is 0.511 bits per heavy atom. The van der Waals surface area contributed by atoms with Gasteiger partial charge in [-0.2, -0.15) is 0 Å². The van der Waals surface area contributed by atoms with Gasteiger partial charge in [0.25, 0.3) is 0 Å². The summed E-state index contributed by atoms with van der Waals surface area (Å²) in [7, 11) is 0. The van der Waals surface area contributed by atoms with Crippen LogP contribution in [0.25, 0.3) is 55.9 Å². The minimum Gasteiger partial charge on any atom is -0.309 e. The molecular weight excluding hydrogens is 576 g/mol. The number of hydrogen-bond donors (Lipinski definition) is 0. The van der Waals surface area contributed by atoms with Gasteiger partial charge in [0.15, 0.2) is 11.6 Å². The summed E-state index contributed by atoms with van der Waals surface area (Å²) in [5, 5.41) is 2.47. The average molecular weight is 603 g/mol. The van der Waals surface area contributed by atoms with Crippen molar-refractivity contribution in [1.82, 2.24) is 29.1 Å². The fraction of sp³-hybridized carbons (Fsp3) is 0.0244. The summed E-state index contributed by atoms with van der Waals surface area (Å²) < 4.78 is 4.64. The van der Waals surface area contributed by atoms with Gasteiger partial charge in [0.1, 0.15) is 12.7 Å². The van der Waals surface area contributed by atoms with E-state index in [-0.39, 0.29) is 0 Å². The van der Waals surface area contributed by atoms with Crippen molar-refractivity contribution in [3.8, 4) is 23.0 Å². The van der Waals surface area contributed by atoms with Gasteiger partial charge < -0.3 is 4.57 Å². The highest BCUT2D eigenvalue weighted by Crippen LogP contribution is 2.53. The fourth-order valence-electron chi connectivity index (χ4n) is 7.84. The van der Waals surface area contributed by atoms with Gasteiger partial charge in [-0.1, -0.05) is 109 Å². The Labute approximate surface area is 270 Å². The Morgan fingerprint density at radius 2 is 1.13 bits per heavy atom. The predicted octanol–water partition coefficient (Wildman–Crippen LogP) is 8.67. The summed E-state index contributed by atoms with van der Waals surface area (Å²) in [6, 6.07) is 52.4. The van der Waals surface area contributed by atoms with Crippen LogP contribution in [0.2, 0.25) is 0 Å². The first-order valence-electron chi connectivity index (χ1n) is 15.7. The van der Waals surface area contributed by atoms with E-state index in [9.17, 15) is 0 Å². The van der Waals surface area contributed by atoms with Crippen LogP contribution in [0.1, 0.15) is 22.3 Å². The second kappa shape index (κ2) is 9.80. The number of hydrogen-bond acceptors (Lipinski definition) is 4. The molecule has 4 heterocycles. The molecule has 0 N–H and O–H groups in total. The van der Waals surface area contributed by atoms with Crippen molar-refractivity contribution in [3.05, 3.63) is 181 Å². The van der Waals surface area contributed by atoms with E-state index in [1.54, 1.807) is 0 Å². The number of aromatic nitrogens is 6. The van der Waals surface area contributed by atoms with Crippen molar-refractivity contribution in [2.45, 2.75) is 5.41 Å². The monoisotopic (exact) mass is 602 g/mol. The first-order valence-corrected chi connectivity index (χ1v) is 15.7. The molecule has 6 heteroatoms. The lowest BCUT2D eigenvalue weighted by atomic mass is 9.63. The first-order chi connectivity index (χ1) is 23.3. The molecule has 0 fully saturated rings. The Balaban J connectivity index is 1.40. The SMILES string of the molecule is c1ccc(C2(c3ccccc3)c3cc(-n4c5ccccc5c5ccccc54)ccc3-n3c(-c4ncncn4)nc4cccc2c43)cc1. The van der Waals surface area contributed by atoms with E-state index in [1.165, 1.54) is 45.6 Å². The molecule has 0 bridgehead atoms. The molecule has 0 unspecified atom stereocenters. The van der Waals surface area contributed by atoms with Gasteiger partial charge in [0.2, 0.25) is 0 Å². The van der Waals surface area contributed by atoms with Crippen LogP contribution in [-0.4, -0.2) is 29.1 Å². The van der Waals surface area contributed by atoms with Gasteiger partial charge in [-0.25, -0.2) is 19.9 Å². The lowest BCUT2D eigenvalue weighted by Crippen LogP contribution is -2.35. The lowest BCUT2D eigenvalue weighted by molar-refractivity contribution is 0.724. The zero-order valence-corrected chi connectivity index (χ0v) is 25.2. The van der Waals surface area contributed by atoms with E-state index in [0.29, 0.717) is 11.6 Å². The largest absolute Gasteiger partial charge is 0.309 e. The van der Waals surface area contributed by atoms with Gasteiger partial charge in [-0.05, 0) is 58.7 Å². The number of fused-ring (bicyclic) bond motifs is 5. The normalized spacial score (nSPS) is 13.3. The molecule has 10 rings (SSSR count). The van der Waals surface area contributed by atoms with E-state index in [4.69, 9.17) is 4.98 Å². The molecule has 0 saturated heterocycles. The van der Waals surface area contributed by atoms with Crippen LogP contribution < -0.4 is 0 Å². The third kappa shape index (κ3) is 3.49. The Kier molecular flexibility index (Phi) is 5.40. The average Bonchev–Trinajstić information content (AvgIpc) is 3.70. The second-order valence-corrected chi connectivity index (χ2v) is 12.0. The highest BCUT2D eigenvalue weighted by atomic mass is 15.1. The molecule has 3 aromatic heterocycles. The molecule has 0 aliphatic carbocycles. The maximum atomic E-state index is 5.17. The predicted molar refractivity (Wildman–Crippen MR) is 186 cm³/mol. The van der Waals surface area contributed by atoms with Crippen molar-refractivity contribution < 1.29 is 0 Å². The minimum absolute atomic E-state index is 0.534. The third-order valence-electron chi connectivity index (χ3n) is 9.65. The van der Waals surface area contributed by atoms with E-state index >= 15 is 0 Å². The lowest BCUT2D eigenvalue weighted by Gasteiger charge is -2.41. The van der Waals surface area contributed by atoms with Crippen molar-refractivity contribution in [1.29, 1.82) is 0 Å². The van der Waals surface area contributed by atoms with Crippen LogP contribution in [0.5, 0.6) is 0 Å². The van der Waals surface area contributed by atoms with Crippen molar-refractivity contribution in [3.63, 3.8) is 0 Å². The topological polar surface area (TPSA) is 61.4 Å². The number of rotatable bonds is 4. The van der Waals surface area contributed by atoms with Gasteiger partial charge in [0, 0.05) is 16.5 Å². The summed E-state index contributed by atoms with van der Waals surface area (Å²) in [4.78, 5) is 18.3. The first kappa shape index (κ1) is 25.9. The maximum Gasteiger partial charge on any atom is 0.199 e. The van der Waals surface area contributed by atoms with Gasteiger partial charge in [-0.15, -0.1) is 0 Å². The van der Waals surface area contributed by atoms with Crippen LogP contribution in [-0.2, 0) is 5.41 Å². The van der Waals surface area contributed by atoms with Crippen LogP contribution >= 0.6 is 0 Å². The Morgan fingerprint density at radius 3 is 1.79 bits per heavy atom. The summed E-state index contributed by atoms with van der Waals surface area (Å²) in [5.74, 6) is 1.22. The standard InChI is InChI=1S/C41H26N6/c1-3-12-27(13-4-1)41(28-14-5-2-6-15-28)32-18-11-19-34-38(32)47(40(45-34)39-43-25-42-26-44-39)37-23-22-29(24-33(37)41)46-35-20-9-7-16-30(35)31-17-8-10-21-36(31)46/h1-26H. The van der Waals surface area contributed by atoms with Crippen molar-refractivity contribution in [2.75, 3.05) is 0 Å².